The standard InChI is InChI=1S/C27H30N2O3/c1-27(2,3)22-9-4-20(5-10-22)16-28-23-11-6-19(7-12-23)15-26(30)29-17-21-8-13-24-25(14-21)32-18-31-24/h4-14,28H,15-18H2,1-3H3,(H,29,30). The number of benzene rings is 3. The Hall–Kier alpha value is -3.47. The highest BCUT2D eigenvalue weighted by atomic mass is 16.7. The molecule has 0 aliphatic carbocycles. The minimum atomic E-state index is -0.0117. The number of carbonyl (C=O) groups excluding carboxylic acids is 1. The van der Waals surface area contributed by atoms with Gasteiger partial charge < -0.3 is 20.1 Å². The van der Waals surface area contributed by atoms with Gasteiger partial charge in [-0.2, -0.15) is 0 Å². The van der Waals surface area contributed by atoms with Gasteiger partial charge in [-0.15, -0.1) is 0 Å². The van der Waals surface area contributed by atoms with Gasteiger partial charge in [0.05, 0.1) is 6.42 Å². The zero-order valence-electron chi connectivity index (χ0n) is 18.9. The first-order valence-electron chi connectivity index (χ1n) is 10.9. The third-order valence-electron chi connectivity index (χ3n) is 5.56. The topological polar surface area (TPSA) is 59.6 Å². The van der Waals surface area contributed by atoms with E-state index in [1.807, 2.05) is 42.5 Å². The lowest BCUT2D eigenvalue weighted by atomic mass is 9.87. The molecule has 3 aromatic rings. The van der Waals surface area contributed by atoms with E-state index >= 15 is 0 Å². The fourth-order valence-electron chi connectivity index (χ4n) is 3.57. The highest BCUT2D eigenvalue weighted by Gasteiger charge is 2.14. The fraction of sp³-hybridized carbons (Fsp3) is 0.296. The maximum atomic E-state index is 12.3. The number of carbonyl (C=O) groups is 1. The molecule has 1 aliphatic rings. The summed E-state index contributed by atoms with van der Waals surface area (Å²) in [6.45, 7) is 8.14. The molecule has 0 fully saturated rings. The molecule has 1 amide bonds. The number of amides is 1. The van der Waals surface area contributed by atoms with Crippen LogP contribution in [-0.4, -0.2) is 12.7 Å². The molecule has 3 aromatic carbocycles. The summed E-state index contributed by atoms with van der Waals surface area (Å²) >= 11 is 0. The van der Waals surface area contributed by atoms with Gasteiger partial charge in [-0.05, 0) is 51.9 Å². The third-order valence-corrected chi connectivity index (χ3v) is 5.56. The molecule has 0 radical (unpaired) electrons. The number of nitrogens with one attached hydrogen (secondary N) is 2. The summed E-state index contributed by atoms with van der Waals surface area (Å²) in [7, 11) is 0. The van der Waals surface area contributed by atoms with Crippen molar-refractivity contribution in [2.75, 3.05) is 12.1 Å². The van der Waals surface area contributed by atoms with Crippen molar-refractivity contribution in [2.24, 2.45) is 0 Å². The Morgan fingerprint density at radius 1 is 0.812 bits per heavy atom. The van der Waals surface area contributed by atoms with Crippen LogP contribution in [0.1, 0.15) is 43.0 Å². The third kappa shape index (κ3) is 5.61. The van der Waals surface area contributed by atoms with Crippen molar-refractivity contribution in [1.82, 2.24) is 5.32 Å². The van der Waals surface area contributed by atoms with Crippen LogP contribution in [0.3, 0.4) is 0 Å². The van der Waals surface area contributed by atoms with Crippen molar-refractivity contribution in [1.29, 1.82) is 0 Å². The predicted molar refractivity (Wildman–Crippen MR) is 127 cm³/mol. The van der Waals surface area contributed by atoms with Gasteiger partial charge in [-0.3, -0.25) is 4.79 Å². The second-order valence-corrected chi connectivity index (χ2v) is 9.14. The van der Waals surface area contributed by atoms with Gasteiger partial charge in [-0.25, -0.2) is 0 Å². The van der Waals surface area contributed by atoms with Crippen molar-refractivity contribution in [3.8, 4) is 11.5 Å². The highest BCUT2D eigenvalue weighted by Crippen LogP contribution is 2.32. The van der Waals surface area contributed by atoms with Gasteiger partial charge in [0, 0.05) is 18.8 Å². The first-order chi connectivity index (χ1) is 15.4. The molecule has 0 unspecified atom stereocenters. The van der Waals surface area contributed by atoms with Crippen LogP contribution in [0.25, 0.3) is 0 Å². The molecule has 4 rings (SSSR count). The van der Waals surface area contributed by atoms with E-state index < -0.39 is 0 Å². The molecule has 5 heteroatoms. The molecule has 0 bridgehead atoms. The average Bonchev–Trinajstić information content (AvgIpc) is 3.25. The van der Waals surface area contributed by atoms with Gasteiger partial charge in [0.25, 0.3) is 0 Å². The lowest BCUT2D eigenvalue weighted by molar-refractivity contribution is -0.120. The molecule has 5 nitrogen and oxygen atoms in total. The second kappa shape index (κ2) is 9.35. The molecule has 1 aliphatic heterocycles. The van der Waals surface area contributed by atoms with Crippen LogP contribution >= 0.6 is 0 Å². The maximum Gasteiger partial charge on any atom is 0.231 e. The van der Waals surface area contributed by atoms with Gasteiger partial charge in [0.2, 0.25) is 12.7 Å². The molecular formula is C27H30N2O3. The van der Waals surface area contributed by atoms with E-state index in [4.69, 9.17) is 9.47 Å². The van der Waals surface area contributed by atoms with E-state index in [1.165, 1.54) is 11.1 Å². The quantitative estimate of drug-likeness (QED) is 0.542. The zero-order valence-corrected chi connectivity index (χ0v) is 18.9. The van der Waals surface area contributed by atoms with Gasteiger partial charge >= 0.3 is 0 Å². The van der Waals surface area contributed by atoms with Crippen molar-refractivity contribution in [3.05, 3.63) is 89.0 Å². The Labute approximate surface area is 189 Å². The van der Waals surface area contributed by atoms with Crippen LogP contribution < -0.4 is 20.1 Å². The Morgan fingerprint density at radius 3 is 2.19 bits per heavy atom. The van der Waals surface area contributed by atoms with Crippen molar-refractivity contribution < 1.29 is 14.3 Å². The van der Waals surface area contributed by atoms with Gasteiger partial charge in [0.15, 0.2) is 11.5 Å². The Bertz CT molecular complexity index is 1070. The summed E-state index contributed by atoms with van der Waals surface area (Å²) in [5.74, 6) is 1.46. The van der Waals surface area contributed by atoms with Crippen LogP contribution in [0.5, 0.6) is 11.5 Å². The van der Waals surface area contributed by atoms with Crippen LogP contribution in [0.4, 0.5) is 5.69 Å². The smallest absolute Gasteiger partial charge is 0.231 e. The van der Waals surface area contributed by atoms with Crippen molar-refractivity contribution in [2.45, 2.75) is 45.7 Å². The largest absolute Gasteiger partial charge is 0.454 e. The summed E-state index contributed by atoms with van der Waals surface area (Å²) in [4.78, 5) is 12.3. The van der Waals surface area contributed by atoms with Gasteiger partial charge in [-0.1, -0.05) is 63.2 Å². The lowest BCUT2D eigenvalue weighted by Crippen LogP contribution is -2.24. The number of hydrogen-bond donors (Lipinski definition) is 2. The Kier molecular flexibility index (Phi) is 6.35. The van der Waals surface area contributed by atoms with E-state index in [0.717, 1.165) is 34.9 Å². The predicted octanol–water partition coefficient (Wildman–Crippen LogP) is 5.18. The summed E-state index contributed by atoms with van der Waals surface area (Å²) in [5, 5.41) is 6.41. The Balaban J connectivity index is 1.24. The minimum Gasteiger partial charge on any atom is -0.454 e. The van der Waals surface area contributed by atoms with Crippen LogP contribution in [-0.2, 0) is 29.7 Å². The number of anilines is 1. The summed E-state index contributed by atoms with van der Waals surface area (Å²) < 4.78 is 10.7. The molecule has 0 spiro atoms. The zero-order chi connectivity index (χ0) is 22.6. The number of hydrogen-bond acceptors (Lipinski definition) is 4. The van der Waals surface area contributed by atoms with E-state index in [9.17, 15) is 4.79 Å². The highest BCUT2D eigenvalue weighted by molar-refractivity contribution is 5.78. The maximum absolute atomic E-state index is 12.3. The van der Waals surface area contributed by atoms with Crippen molar-refractivity contribution >= 4 is 11.6 Å². The van der Waals surface area contributed by atoms with Gasteiger partial charge in [0.1, 0.15) is 0 Å². The van der Waals surface area contributed by atoms with E-state index in [0.29, 0.717) is 13.0 Å². The summed E-state index contributed by atoms with van der Waals surface area (Å²) in [6, 6.07) is 22.5. The molecule has 0 atom stereocenters. The normalized spacial score (nSPS) is 12.5. The Morgan fingerprint density at radius 2 is 1.47 bits per heavy atom. The monoisotopic (exact) mass is 430 g/mol. The lowest BCUT2D eigenvalue weighted by Gasteiger charge is -2.19. The van der Waals surface area contributed by atoms with Crippen LogP contribution in [0, 0.1) is 0 Å². The SMILES string of the molecule is CC(C)(C)c1ccc(CNc2ccc(CC(=O)NCc3ccc4c(c3)OCO4)cc2)cc1. The minimum absolute atomic E-state index is 0.0117. The molecule has 32 heavy (non-hydrogen) atoms. The number of fused-ring (bicyclic) bond motifs is 1. The molecule has 0 saturated carbocycles. The first kappa shape index (κ1) is 21.8. The molecular weight excluding hydrogens is 400 g/mol. The summed E-state index contributed by atoms with van der Waals surface area (Å²) in [6.07, 6.45) is 0.346. The number of rotatable bonds is 7. The first-order valence-corrected chi connectivity index (χ1v) is 10.9. The van der Waals surface area contributed by atoms with E-state index in [-0.39, 0.29) is 18.1 Å². The molecule has 0 saturated heterocycles. The number of ether oxygens (including phenoxy) is 2. The van der Waals surface area contributed by atoms with E-state index in [2.05, 4.69) is 55.7 Å². The molecule has 166 valence electrons. The average molecular weight is 431 g/mol. The molecule has 0 aromatic heterocycles. The fourth-order valence-corrected chi connectivity index (χ4v) is 3.57. The van der Waals surface area contributed by atoms with Crippen LogP contribution in [0.15, 0.2) is 66.7 Å². The van der Waals surface area contributed by atoms with E-state index in [1.54, 1.807) is 0 Å². The summed E-state index contributed by atoms with van der Waals surface area (Å²) in [5.41, 5.74) is 5.74. The molecule has 1 heterocycles. The second-order valence-electron chi connectivity index (χ2n) is 9.14. The van der Waals surface area contributed by atoms with Crippen LogP contribution in [0.2, 0.25) is 0 Å². The molecule has 2 N–H and O–H groups in total. The van der Waals surface area contributed by atoms with Crippen molar-refractivity contribution in [3.63, 3.8) is 0 Å².